The van der Waals surface area contributed by atoms with E-state index in [0.717, 1.165) is 16.8 Å². The third kappa shape index (κ3) is 3.56. The molecule has 3 rings (SSSR count). The van der Waals surface area contributed by atoms with Gasteiger partial charge in [0.15, 0.2) is 0 Å². The van der Waals surface area contributed by atoms with E-state index in [1.54, 1.807) is 12.3 Å². The molecule has 2 aromatic rings. The summed E-state index contributed by atoms with van der Waals surface area (Å²) in [5.41, 5.74) is 2.92. The van der Waals surface area contributed by atoms with E-state index in [1.807, 2.05) is 24.3 Å². The molecule has 0 aliphatic carbocycles. The molecular weight excluding hydrogens is 340 g/mol. The van der Waals surface area contributed by atoms with Gasteiger partial charge < -0.3 is 15.4 Å². The zero-order valence-electron chi connectivity index (χ0n) is 13.9. The van der Waals surface area contributed by atoms with E-state index in [-0.39, 0.29) is 18.2 Å². The van der Waals surface area contributed by atoms with Crippen molar-refractivity contribution in [1.29, 1.82) is 0 Å². The van der Waals surface area contributed by atoms with Crippen LogP contribution in [0.15, 0.2) is 29.6 Å². The van der Waals surface area contributed by atoms with Gasteiger partial charge in [0.1, 0.15) is 5.00 Å². The first-order valence-electron chi connectivity index (χ1n) is 7.84. The normalized spacial score (nSPS) is 15.9. The highest BCUT2D eigenvalue weighted by molar-refractivity contribution is 7.15. The smallest absolute Gasteiger partial charge is 0.341 e. The quantitative estimate of drug-likeness (QED) is 0.823. The highest BCUT2D eigenvalue weighted by Gasteiger charge is 2.28. The van der Waals surface area contributed by atoms with Gasteiger partial charge in [-0.2, -0.15) is 0 Å². The fourth-order valence-corrected chi connectivity index (χ4v) is 3.82. The van der Waals surface area contributed by atoms with Crippen LogP contribution >= 0.6 is 11.3 Å². The van der Waals surface area contributed by atoms with Crippen molar-refractivity contribution in [3.63, 3.8) is 0 Å². The van der Waals surface area contributed by atoms with Gasteiger partial charge in [-0.3, -0.25) is 9.59 Å². The summed E-state index contributed by atoms with van der Waals surface area (Å²) in [6.45, 7) is 1.78. The first kappa shape index (κ1) is 17.2. The summed E-state index contributed by atoms with van der Waals surface area (Å²) in [4.78, 5) is 36.4. The summed E-state index contributed by atoms with van der Waals surface area (Å²) in [6.07, 6.45) is 0.570. The number of ether oxygens (including phenoxy) is 1. The molecule has 130 valence electrons. The van der Waals surface area contributed by atoms with Crippen LogP contribution in [0, 0.1) is 12.8 Å². The van der Waals surface area contributed by atoms with Crippen LogP contribution in [0.25, 0.3) is 0 Å². The minimum Gasteiger partial charge on any atom is -0.465 e. The number of rotatable bonds is 4. The predicted octanol–water partition coefficient (Wildman–Crippen LogP) is 2.98. The fourth-order valence-electron chi connectivity index (χ4n) is 2.87. The zero-order valence-corrected chi connectivity index (χ0v) is 14.7. The molecule has 1 aromatic carbocycles. The molecule has 1 aliphatic rings. The molecule has 1 aromatic heterocycles. The number of carbonyl (C=O) groups excluding carboxylic acids is 3. The summed E-state index contributed by atoms with van der Waals surface area (Å²) >= 11 is 1.27. The van der Waals surface area contributed by atoms with Crippen molar-refractivity contribution in [3.05, 3.63) is 46.3 Å². The Labute approximate surface area is 149 Å². The molecule has 25 heavy (non-hydrogen) atoms. The number of aryl methyl sites for hydroxylation is 1. The molecule has 0 spiro atoms. The maximum absolute atomic E-state index is 12.4. The molecule has 0 fully saturated rings. The van der Waals surface area contributed by atoms with Crippen molar-refractivity contribution in [2.24, 2.45) is 5.92 Å². The van der Waals surface area contributed by atoms with Gasteiger partial charge >= 0.3 is 5.97 Å². The molecule has 0 saturated carbocycles. The Morgan fingerprint density at radius 3 is 2.88 bits per heavy atom. The Morgan fingerprint density at radius 2 is 2.12 bits per heavy atom. The third-order valence-electron chi connectivity index (χ3n) is 4.16. The Kier molecular flexibility index (Phi) is 4.85. The molecule has 7 heteroatoms. The van der Waals surface area contributed by atoms with Crippen LogP contribution in [0.4, 0.5) is 10.7 Å². The topological polar surface area (TPSA) is 84.5 Å². The van der Waals surface area contributed by atoms with Gasteiger partial charge in [0, 0.05) is 12.1 Å². The van der Waals surface area contributed by atoms with Crippen molar-refractivity contribution in [1.82, 2.24) is 0 Å². The standard InChI is InChI=1S/C18H18N2O4S/c1-10-9-25-17(15(10)18(23)24-2)20-14(21)8-12-7-11-5-3-4-6-13(11)19-16(12)22/h3-6,9,12H,7-8H2,1-2H3,(H,19,22)(H,20,21). The number of methoxy groups -OCH3 is 1. The Balaban J connectivity index is 1.70. The summed E-state index contributed by atoms with van der Waals surface area (Å²) in [5, 5.41) is 7.80. The van der Waals surface area contributed by atoms with E-state index < -0.39 is 11.9 Å². The molecule has 2 heterocycles. The second kappa shape index (κ2) is 7.06. The van der Waals surface area contributed by atoms with Crippen molar-refractivity contribution >= 4 is 39.8 Å². The van der Waals surface area contributed by atoms with Gasteiger partial charge in [0.2, 0.25) is 11.8 Å². The molecule has 6 nitrogen and oxygen atoms in total. The van der Waals surface area contributed by atoms with Gasteiger partial charge in [0.05, 0.1) is 18.6 Å². The second-order valence-corrected chi connectivity index (χ2v) is 6.79. The molecule has 1 unspecified atom stereocenters. The van der Waals surface area contributed by atoms with Gasteiger partial charge in [-0.1, -0.05) is 18.2 Å². The van der Waals surface area contributed by atoms with Crippen molar-refractivity contribution in [3.8, 4) is 0 Å². The molecule has 0 saturated heterocycles. The van der Waals surface area contributed by atoms with Crippen LogP contribution in [0.1, 0.15) is 27.9 Å². The summed E-state index contributed by atoms with van der Waals surface area (Å²) in [7, 11) is 1.30. The van der Waals surface area contributed by atoms with Crippen molar-refractivity contribution in [2.45, 2.75) is 19.8 Å². The number of nitrogens with one attached hydrogen (secondary N) is 2. The first-order valence-corrected chi connectivity index (χ1v) is 8.72. The molecule has 0 radical (unpaired) electrons. The number of benzene rings is 1. The molecule has 2 amide bonds. The lowest BCUT2D eigenvalue weighted by Crippen LogP contribution is -2.32. The minimum atomic E-state index is -0.488. The number of para-hydroxylation sites is 1. The third-order valence-corrected chi connectivity index (χ3v) is 5.17. The maximum Gasteiger partial charge on any atom is 0.341 e. The monoisotopic (exact) mass is 358 g/mol. The average molecular weight is 358 g/mol. The number of esters is 1. The summed E-state index contributed by atoms with van der Waals surface area (Å²) in [5.74, 6) is -1.38. The molecule has 0 bridgehead atoms. The van der Waals surface area contributed by atoms with Crippen LogP contribution in [-0.4, -0.2) is 24.9 Å². The van der Waals surface area contributed by atoms with E-state index >= 15 is 0 Å². The number of amides is 2. The van der Waals surface area contributed by atoms with Gasteiger partial charge in [-0.05, 0) is 35.9 Å². The van der Waals surface area contributed by atoms with Gasteiger partial charge in [-0.15, -0.1) is 11.3 Å². The lowest BCUT2D eigenvalue weighted by molar-refractivity contribution is -0.125. The number of anilines is 2. The summed E-state index contributed by atoms with van der Waals surface area (Å²) < 4.78 is 4.76. The van der Waals surface area contributed by atoms with Crippen LogP contribution in [-0.2, 0) is 20.7 Å². The average Bonchev–Trinajstić information content (AvgIpc) is 2.95. The number of fused-ring (bicyclic) bond motifs is 1. The van der Waals surface area contributed by atoms with E-state index in [0.29, 0.717) is 17.0 Å². The van der Waals surface area contributed by atoms with Crippen LogP contribution in [0.2, 0.25) is 0 Å². The van der Waals surface area contributed by atoms with Crippen LogP contribution in [0.3, 0.4) is 0 Å². The Bertz CT molecular complexity index is 843. The predicted molar refractivity (Wildman–Crippen MR) is 95.9 cm³/mol. The SMILES string of the molecule is COC(=O)c1c(C)csc1NC(=O)CC1Cc2ccccc2NC1=O. The van der Waals surface area contributed by atoms with Gasteiger partial charge in [0.25, 0.3) is 0 Å². The van der Waals surface area contributed by atoms with Crippen molar-refractivity contribution in [2.75, 3.05) is 17.7 Å². The summed E-state index contributed by atoms with van der Waals surface area (Å²) in [6, 6.07) is 7.56. The number of hydrogen-bond donors (Lipinski definition) is 2. The highest BCUT2D eigenvalue weighted by atomic mass is 32.1. The lowest BCUT2D eigenvalue weighted by Gasteiger charge is -2.24. The first-order chi connectivity index (χ1) is 12.0. The van der Waals surface area contributed by atoms with Gasteiger partial charge in [-0.25, -0.2) is 4.79 Å². The number of hydrogen-bond acceptors (Lipinski definition) is 5. The number of carbonyl (C=O) groups is 3. The van der Waals surface area contributed by atoms with E-state index in [4.69, 9.17) is 4.74 Å². The highest BCUT2D eigenvalue weighted by Crippen LogP contribution is 2.30. The van der Waals surface area contributed by atoms with E-state index in [1.165, 1.54) is 18.4 Å². The molecule has 1 atom stereocenters. The second-order valence-electron chi connectivity index (χ2n) is 5.91. The van der Waals surface area contributed by atoms with Crippen molar-refractivity contribution < 1.29 is 19.1 Å². The van der Waals surface area contributed by atoms with Crippen LogP contribution in [0.5, 0.6) is 0 Å². The lowest BCUT2D eigenvalue weighted by atomic mass is 9.90. The molecule has 1 aliphatic heterocycles. The maximum atomic E-state index is 12.4. The Morgan fingerprint density at radius 1 is 1.36 bits per heavy atom. The van der Waals surface area contributed by atoms with E-state index in [9.17, 15) is 14.4 Å². The fraction of sp³-hybridized carbons (Fsp3) is 0.278. The Hall–Kier alpha value is -2.67. The van der Waals surface area contributed by atoms with Crippen LogP contribution < -0.4 is 10.6 Å². The molecule has 2 N–H and O–H groups in total. The molecular formula is C18H18N2O4S. The van der Waals surface area contributed by atoms with E-state index in [2.05, 4.69) is 10.6 Å². The minimum absolute atomic E-state index is 0.0533. The number of thiophene rings is 1. The largest absolute Gasteiger partial charge is 0.465 e. The zero-order chi connectivity index (χ0) is 18.0.